The second-order valence-electron chi connectivity index (χ2n) is 7.67. The van der Waals surface area contributed by atoms with E-state index in [4.69, 9.17) is 9.47 Å². The van der Waals surface area contributed by atoms with Crippen LogP contribution in [0.5, 0.6) is 0 Å². The molecule has 0 radical (unpaired) electrons. The van der Waals surface area contributed by atoms with E-state index in [2.05, 4.69) is 12.2 Å². The molecule has 1 aliphatic heterocycles. The Balaban J connectivity index is 1.44. The Morgan fingerprint density at radius 3 is 2.21 bits per heavy atom. The lowest BCUT2D eigenvalue weighted by Gasteiger charge is -2.33. The molecule has 1 heterocycles. The van der Waals surface area contributed by atoms with E-state index in [1.54, 1.807) is 22.7 Å². The van der Waals surface area contributed by atoms with Gasteiger partial charge in [-0.25, -0.2) is 9.59 Å². The Kier molecular flexibility index (Phi) is 7.52. The van der Waals surface area contributed by atoms with Crippen LogP contribution in [0.1, 0.15) is 24.5 Å². The minimum absolute atomic E-state index is 0.184. The molecule has 4 rings (SSSR count). The summed E-state index contributed by atoms with van der Waals surface area (Å²) in [6.45, 7) is 3.04. The molecule has 0 bridgehead atoms. The summed E-state index contributed by atoms with van der Waals surface area (Å²) >= 11 is 1.73. The topological polar surface area (TPSA) is 67.9 Å². The fourth-order valence-corrected chi connectivity index (χ4v) is 4.67. The maximum absolute atomic E-state index is 13.0. The van der Waals surface area contributed by atoms with Crippen molar-refractivity contribution in [1.82, 2.24) is 0 Å². The third-order valence-electron chi connectivity index (χ3n) is 5.27. The lowest BCUT2D eigenvalue weighted by Crippen LogP contribution is -2.39. The molecule has 3 aromatic rings. The monoisotopic (exact) mass is 462 g/mol. The van der Waals surface area contributed by atoms with Gasteiger partial charge in [-0.05, 0) is 35.7 Å². The van der Waals surface area contributed by atoms with Crippen molar-refractivity contribution in [3.8, 4) is 0 Å². The smallest absolute Gasteiger partial charge is 0.414 e. The summed E-state index contributed by atoms with van der Waals surface area (Å²) < 4.78 is 10.9. The SMILES string of the molecule is CCC1CN(C(=O)OCc2ccccc2)c2cc(NC(=O)OCc3ccccc3)ccc2S1. The minimum atomic E-state index is -0.549. The first kappa shape index (κ1) is 22.7. The molecule has 2 amide bonds. The summed E-state index contributed by atoms with van der Waals surface area (Å²) in [4.78, 5) is 27.9. The van der Waals surface area contributed by atoms with Gasteiger partial charge in [0.2, 0.25) is 0 Å². The van der Waals surface area contributed by atoms with Gasteiger partial charge < -0.3 is 9.47 Å². The number of ether oxygens (including phenoxy) is 2. The van der Waals surface area contributed by atoms with Gasteiger partial charge in [-0.2, -0.15) is 0 Å². The number of fused-ring (bicyclic) bond motifs is 1. The molecule has 33 heavy (non-hydrogen) atoms. The first-order valence-electron chi connectivity index (χ1n) is 10.9. The van der Waals surface area contributed by atoms with Crippen molar-refractivity contribution in [3.05, 3.63) is 90.0 Å². The summed E-state index contributed by atoms with van der Waals surface area (Å²) in [5, 5.41) is 3.03. The largest absolute Gasteiger partial charge is 0.444 e. The molecule has 0 aromatic heterocycles. The lowest BCUT2D eigenvalue weighted by atomic mass is 10.2. The fraction of sp³-hybridized carbons (Fsp3) is 0.231. The third kappa shape index (κ3) is 6.08. The standard InChI is InChI=1S/C26H26N2O4S/c1-2-22-16-28(26(30)32-18-20-11-7-4-8-12-20)23-15-21(13-14-24(23)33-22)27-25(29)31-17-19-9-5-3-6-10-19/h3-15,22H,2,16-18H2,1H3,(H,27,29). The van der Waals surface area contributed by atoms with E-state index in [0.717, 1.165) is 28.1 Å². The summed E-state index contributed by atoms with van der Waals surface area (Å²) in [5.41, 5.74) is 3.13. The normalized spacial score (nSPS) is 14.8. The highest BCUT2D eigenvalue weighted by Crippen LogP contribution is 2.41. The molecule has 0 saturated heterocycles. The van der Waals surface area contributed by atoms with E-state index in [1.807, 2.05) is 72.8 Å². The fourth-order valence-electron chi connectivity index (χ4n) is 3.48. The van der Waals surface area contributed by atoms with Crippen LogP contribution >= 0.6 is 11.8 Å². The Hall–Kier alpha value is -3.45. The van der Waals surface area contributed by atoms with Crippen LogP contribution in [0, 0.1) is 0 Å². The number of anilines is 2. The third-order valence-corrected chi connectivity index (χ3v) is 6.68. The van der Waals surface area contributed by atoms with Crippen LogP contribution in [0.25, 0.3) is 0 Å². The highest BCUT2D eigenvalue weighted by Gasteiger charge is 2.30. The molecule has 7 heteroatoms. The van der Waals surface area contributed by atoms with Crippen molar-refractivity contribution >= 4 is 35.3 Å². The van der Waals surface area contributed by atoms with E-state index < -0.39 is 12.2 Å². The molecule has 170 valence electrons. The predicted octanol–water partition coefficient (Wildman–Crippen LogP) is 6.46. The number of carbonyl (C=O) groups excluding carboxylic acids is 2. The van der Waals surface area contributed by atoms with E-state index in [1.165, 1.54) is 0 Å². The summed E-state index contributed by atoms with van der Waals surface area (Å²) in [5.74, 6) is 0. The van der Waals surface area contributed by atoms with Crippen LogP contribution in [-0.2, 0) is 22.7 Å². The van der Waals surface area contributed by atoms with Crippen LogP contribution < -0.4 is 10.2 Å². The zero-order valence-electron chi connectivity index (χ0n) is 18.4. The molecule has 1 N–H and O–H groups in total. The average molecular weight is 463 g/mol. The zero-order valence-corrected chi connectivity index (χ0v) is 19.2. The van der Waals surface area contributed by atoms with E-state index in [0.29, 0.717) is 12.2 Å². The number of rotatable bonds is 6. The zero-order chi connectivity index (χ0) is 23.0. The van der Waals surface area contributed by atoms with Gasteiger partial charge in [0, 0.05) is 22.4 Å². The average Bonchev–Trinajstić information content (AvgIpc) is 2.86. The van der Waals surface area contributed by atoms with Gasteiger partial charge in [0.25, 0.3) is 0 Å². The van der Waals surface area contributed by atoms with Gasteiger partial charge in [-0.3, -0.25) is 10.2 Å². The molecule has 0 spiro atoms. The molecule has 1 atom stereocenters. The molecule has 3 aromatic carbocycles. The number of amides is 2. The Morgan fingerprint density at radius 1 is 0.939 bits per heavy atom. The second kappa shape index (κ2) is 10.9. The van der Waals surface area contributed by atoms with Gasteiger partial charge in [0.05, 0.1) is 5.69 Å². The van der Waals surface area contributed by atoms with Crippen molar-refractivity contribution in [2.24, 2.45) is 0 Å². The molecule has 1 unspecified atom stereocenters. The van der Waals surface area contributed by atoms with Gasteiger partial charge in [-0.1, -0.05) is 67.6 Å². The first-order chi connectivity index (χ1) is 16.1. The van der Waals surface area contributed by atoms with Crippen molar-refractivity contribution in [3.63, 3.8) is 0 Å². The number of nitrogens with one attached hydrogen (secondary N) is 1. The molecule has 0 fully saturated rings. The molecular weight excluding hydrogens is 436 g/mol. The van der Waals surface area contributed by atoms with E-state index in [9.17, 15) is 9.59 Å². The highest BCUT2D eigenvalue weighted by atomic mass is 32.2. The van der Waals surface area contributed by atoms with E-state index in [-0.39, 0.29) is 18.5 Å². The second-order valence-corrected chi connectivity index (χ2v) is 9.01. The van der Waals surface area contributed by atoms with Crippen molar-refractivity contribution in [2.75, 3.05) is 16.8 Å². The number of hydrogen-bond donors (Lipinski definition) is 1. The van der Waals surface area contributed by atoms with E-state index >= 15 is 0 Å². The van der Waals surface area contributed by atoms with Crippen molar-refractivity contribution < 1.29 is 19.1 Å². The lowest BCUT2D eigenvalue weighted by molar-refractivity contribution is 0.147. The summed E-state index contributed by atoms with van der Waals surface area (Å²) in [6, 6.07) is 24.6. The Bertz CT molecular complexity index is 1090. The number of nitrogens with zero attached hydrogens (tertiary/aromatic N) is 1. The quantitative estimate of drug-likeness (QED) is 0.455. The van der Waals surface area contributed by atoms with Gasteiger partial charge >= 0.3 is 12.2 Å². The van der Waals surface area contributed by atoms with Crippen LogP contribution in [-0.4, -0.2) is 24.0 Å². The number of benzene rings is 3. The minimum Gasteiger partial charge on any atom is -0.444 e. The van der Waals surface area contributed by atoms with Crippen LogP contribution in [0.15, 0.2) is 83.8 Å². The number of hydrogen-bond acceptors (Lipinski definition) is 5. The predicted molar refractivity (Wildman–Crippen MR) is 131 cm³/mol. The first-order valence-corrected chi connectivity index (χ1v) is 11.8. The maximum atomic E-state index is 13.0. The van der Waals surface area contributed by atoms with Crippen LogP contribution in [0.2, 0.25) is 0 Å². The van der Waals surface area contributed by atoms with Gasteiger partial charge in [0.15, 0.2) is 0 Å². The molecule has 6 nitrogen and oxygen atoms in total. The summed E-state index contributed by atoms with van der Waals surface area (Å²) in [6.07, 6.45) is -0.0205. The molecule has 0 aliphatic carbocycles. The van der Waals surface area contributed by atoms with Crippen molar-refractivity contribution in [2.45, 2.75) is 36.7 Å². The molecule has 0 saturated carbocycles. The molecule has 1 aliphatic rings. The number of thioether (sulfide) groups is 1. The van der Waals surface area contributed by atoms with Crippen LogP contribution in [0.3, 0.4) is 0 Å². The Labute approximate surface area is 197 Å². The van der Waals surface area contributed by atoms with Crippen molar-refractivity contribution in [1.29, 1.82) is 0 Å². The highest BCUT2D eigenvalue weighted by molar-refractivity contribution is 8.00. The summed E-state index contributed by atoms with van der Waals surface area (Å²) in [7, 11) is 0. The van der Waals surface area contributed by atoms with Gasteiger partial charge in [0.1, 0.15) is 13.2 Å². The Morgan fingerprint density at radius 2 is 1.58 bits per heavy atom. The van der Waals surface area contributed by atoms with Gasteiger partial charge in [-0.15, -0.1) is 11.8 Å². The number of carbonyl (C=O) groups is 2. The molecular formula is C26H26N2O4S. The maximum Gasteiger partial charge on any atom is 0.414 e. The van der Waals surface area contributed by atoms with Crippen LogP contribution in [0.4, 0.5) is 21.0 Å².